The van der Waals surface area contributed by atoms with Gasteiger partial charge >= 0.3 is 6.09 Å². The van der Waals surface area contributed by atoms with Crippen molar-refractivity contribution in [2.75, 3.05) is 6.61 Å². The second kappa shape index (κ2) is 5.22. The molecule has 60 valence electrons. The van der Waals surface area contributed by atoms with Gasteiger partial charge < -0.3 is 4.74 Å². The van der Waals surface area contributed by atoms with Crippen molar-refractivity contribution in [2.45, 2.75) is 0 Å². The van der Waals surface area contributed by atoms with Crippen LogP contribution in [-0.4, -0.2) is 18.6 Å². The Balaban J connectivity index is 3.60. The predicted octanol–water partition coefficient (Wildman–Crippen LogP) is 0.611. The van der Waals surface area contributed by atoms with Crippen LogP contribution in [0.15, 0.2) is 25.3 Å². The number of imide groups is 1. The monoisotopic (exact) mass is 155 g/mol. The Morgan fingerprint density at radius 1 is 1.45 bits per heavy atom. The standard InChI is InChI=1S/C7H9NO3/c1-3-5-11-7(10)8-6(9)4-2/h3-4H,1-2,5H2,(H,8,9,10). The first-order chi connectivity index (χ1) is 5.20. The maximum absolute atomic E-state index is 10.5. The summed E-state index contributed by atoms with van der Waals surface area (Å²) in [6, 6.07) is 0. The van der Waals surface area contributed by atoms with Crippen molar-refractivity contribution in [3.05, 3.63) is 25.3 Å². The molecule has 4 heteroatoms. The topological polar surface area (TPSA) is 55.4 Å². The molecule has 0 aliphatic carbocycles. The summed E-state index contributed by atoms with van der Waals surface area (Å²) in [5, 5.41) is 1.90. The lowest BCUT2D eigenvalue weighted by atomic mass is 10.6. The molecule has 0 bridgehead atoms. The third-order valence-electron chi connectivity index (χ3n) is 0.743. The smallest absolute Gasteiger partial charge is 0.414 e. The van der Waals surface area contributed by atoms with E-state index in [0.717, 1.165) is 6.08 Å². The van der Waals surface area contributed by atoms with E-state index >= 15 is 0 Å². The zero-order valence-corrected chi connectivity index (χ0v) is 6.00. The van der Waals surface area contributed by atoms with Crippen LogP contribution in [0.4, 0.5) is 4.79 Å². The molecule has 4 nitrogen and oxygen atoms in total. The highest BCUT2D eigenvalue weighted by Gasteiger charge is 2.02. The number of hydrogen-bond acceptors (Lipinski definition) is 3. The Kier molecular flexibility index (Phi) is 4.47. The van der Waals surface area contributed by atoms with Crippen molar-refractivity contribution in [2.24, 2.45) is 0 Å². The molecule has 0 fully saturated rings. The molecule has 0 rings (SSSR count). The van der Waals surface area contributed by atoms with E-state index in [4.69, 9.17) is 0 Å². The predicted molar refractivity (Wildman–Crippen MR) is 39.9 cm³/mol. The van der Waals surface area contributed by atoms with E-state index in [1.54, 1.807) is 0 Å². The molecule has 1 N–H and O–H groups in total. The quantitative estimate of drug-likeness (QED) is 0.480. The SMILES string of the molecule is C=CCOC(=O)NC(=O)C=C. The van der Waals surface area contributed by atoms with Crippen molar-refractivity contribution in [1.82, 2.24) is 5.32 Å². The van der Waals surface area contributed by atoms with E-state index in [0.29, 0.717) is 0 Å². The third-order valence-corrected chi connectivity index (χ3v) is 0.743. The fraction of sp³-hybridized carbons (Fsp3) is 0.143. The van der Waals surface area contributed by atoms with Gasteiger partial charge in [-0.3, -0.25) is 10.1 Å². The average Bonchev–Trinajstić information content (AvgIpc) is 2.00. The van der Waals surface area contributed by atoms with E-state index in [9.17, 15) is 9.59 Å². The van der Waals surface area contributed by atoms with Crippen LogP contribution in [0.25, 0.3) is 0 Å². The van der Waals surface area contributed by atoms with Gasteiger partial charge in [-0.05, 0) is 6.08 Å². The average molecular weight is 155 g/mol. The Morgan fingerprint density at radius 2 is 2.09 bits per heavy atom. The Labute approximate surface area is 64.5 Å². The molecule has 0 heterocycles. The minimum atomic E-state index is -0.796. The highest BCUT2D eigenvalue weighted by Crippen LogP contribution is 1.78. The number of carbonyl (C=O) groups is 2. The number of rotatable bonds is 3. The van der Waals surface area contributed by atoms with Gasteiger partial charge in [-0.25, -0.2) is 4.79 Å². The van der Waals surface area contributed by atoms with Crippen molar-refractivity contribution < 1.29 is 14.3 Å². The zero-order valence-electron chi connectivity index (χ0n) is 6.00. The third kappa shape index (κ3) is 4.90. The fourth-order valence-electron chi connectivity index (χ4n) is 0.322. The van der Waals surface area contributed by atoms with Gasteiger partial charge in [0.1, 0.15) is 6.61 Å². The number of ether oxygens (including phenoxy) is 1. The van der Waals surface area contributed by atoms with Crippen molar-refractivity contribution in [3.8, 4) is 0 Å². The first-order valence-corrected chi connectivity index (χ1v) is 2.91. The summed E-state index contributed by atoms with van der Waals surface area (Å²) in [6.07, 6.45) is 1.59. The molecule has 0 aromatic heterocycles. The number of hydrogen-bond donors (Lipinski definition) is 1. The summed E-state index contributed by atoms with van der Waals surface area (Å²) < 4.78 is 4.43. The minimum absolute atomic E-state index is 0.0796. The van der Waals surface area contributed by atoms with E-state index < -0.39 is 12.0 Å². The van der Waals surface area contributed by atoms with E-state index in [1.807, 2.05) is 5.32 Å². The molecule has 0 radical (unpaired) electrons. The number of amides is 2. The summed E-state index contributed by atoms with van der Waals surface area (Å²) in [5.41, 5.74) is 0. The molecule has 0 aliphatic rings. The number of carbonyl (C=O) groups excluding carboxylic acids is 2. The molecule has 0 aliphatic heterocycles. The fourth-order valence-corrected chi connectivity index (χ4v) is 0.322. The molecule has 2 amide bonds. The summed E-state index contributed by atoms with van der Waals surface area (Å²) in [7, 11) is 0. The number of alkyl carbamates (subject to hydrolysis) is 1. The largest absolute Gasteiger partial charge is 0.445 e. The van der Waals surface area contributed by atoms with Crippen LogP contribution in [0.3, 0.4) is 0 Å². The van der Waals surface area contributed by atoms with Crippen molar-refractivity contribution in [3.63, 3.8) is 0 Å². The number of nitrogens with one attached hydrogen (secondary N) is 1. The maximum atomic E-state index is 10.5. The highest BCUT2D eigenvalue weighted by atomic mass is 16.5. The first-order valence-electron chi connectivity index (χ1n) is 2.91. The summed E-state index contributed by atoms with van der Waals surface area (Å²) in [4.78, 5) is 21.0. The van der Waals surface area contributed by atoms with Crippen LogP contribution >= 0.6 is 0 Å². The van der Waals surface area contributed by atoms with Crippen LogP contribution in [0.2, 0.25) is 0 Å². The second-order valence-corrected chi connectivity index (χ2v) is 1.58. The Bertz CT molecular complexity index is 186. The van der Waals surface area contributed by atoms with Gasteiger partial charge in [-0.15, -0.1) is 0 Å². The molecule has 0 aromatic rings. The summed E-state index contributed by atoms with van der Waals surface area (Å²) in [6.45, 7) is 6.56. The van der Waals surface area contributed by atoms with Crippen LogP contribution in [-0.2, 0) is 9.53 Å². The van der Waals surface area contributed by atoms with E-state index in [2.05, 4.69) is 17.9 Å². The lowest BCUT2D eigenvalue weighted by Gasteiger charge is -1.99. The van der Waals surface area contributed by atoms with Gasteiger partial charge in [-0.1, -0.05) is 19.2 Å². The lowest BCUT2D eigenvalue weighted by molar-refractivity contribution is -0.115. The molecular weight excluding hydrogens is 146 g/mol. The normalized spacial score (nSPS) is 8.00. The Morgan fingerprint density at radius 3 is 2.55 bits per heavy atom. The van der Waals surface area contributed by atoms with Gasteiger partial charge in [0.25, 0.3) is 5.91 Å². The van der Waals surface area contributed by atoms with Crippen LogP contribution in [0.1, 0.15) is 0 Å². The van der Waals surface area contributed by atoms with E-state index in [1.165, 1.54) is 6.08 Å². The molecule has 11 heavy (non-hydrogen) atoms. The van der Waals surface area contributed by atoms with Crippen molar-refractivity contribution >= 4 is 12.0 Å². The molecule has 0 unspecified atom stereocenters. The molecule has 0 saturated carbocycles. The van der Waals surface area contributed by atoms with Gasteiger partial charge in [-0.2, -0.15) is 0 Å². The molecular formula is C7H9NO3. The minimum Gasteiger partial charge on any atom is -0.445 e. The van der Waals surface area contributed by atoms with Crippen LogP contribution < -0.4 is 5.32 Å². The van der Waals surface area contributed by atoms with Crippen LogP contribution in [0, 0.1) is 0 Å². The molecule has 0 saturated heterocycles. The lowest BCUT2D eigenvalue weighted by Crippen LogP contribution is -2.29. The van der Waals surface area contributed by atoms with Gasteiger partial charge in [0, 0.05) is 0 Å². The zero-order chi connectivity index (χ0) is 8.69. The summed E-state index contributed by atoms with van der Waals surface area (Å²) >= 11 is 0. The van der Waals surface area contributed by atoms with Gasteiger partial charge in [0.05, 0.1) is 0 Å². The first kappa shape index (κ1) is 9.42. The second-order valence-electron chi connectivity index (χ2n) is 1.58. The molecule has 0 spiro atoms. The maximum Gasteiger partial charge on any atom is 0.414 e. The van der Waals surface area contributed by atoms with E-state index in [-0.39, 0.29) is 6.61 Å². The van der Waals surface area contributed by atoms with Crippen molar-refractivity contribution in [1.29, 1.82) is 0 Å². The van der Waals surface area contributed by atoms with Crippen LogP contribution in [0.5, 0.6) is 0 Å². The highest BCUT2D eigenvalue weighted by molar-refractivity contribution is 5.98. The van der Waals surface area contributed by atoms with Gasteiger partial charge in [0.2, 0.25) is 0 Å². The molecule has 0 aromatic carbocycles. The van der Waals surface area contributed by atoms with Gasteiger partial charge in [0.15, 0.2) is 0 Å². The summed E-state index contributed by atoms with van der Waals surface area (Å²) in [5.74, 6) is -0.584. The Hall–Kier alpha value is -1.58. The molecule has 0 atom stereocenters.